The van der Waals surface area contributed by atoms with Crippen molar-refractivity contribution in [2.45, 2.75) is 18.4 Å². The van der Waals surface area contributed by atoms with Crippen LogP contribution in [0.3, 0.4) is 0 Å². The van der Waals surface area contributed by atoms with Crippen molar-refractivity contribution in [3.05, 3.63) is 33.8 Å². The quantitative estimate of drug-likeness (QED) is 0.798. The summed E-state index contributed by atoms with van der Waals surface area (Å²) in [4.78, 5) is 0. The van der Waals surface area contributed by atoms with E-state index in [1.807, 2.05) is 0 Å². The van der Waals surface area contributed by atoms with Crippen molar-refractivity contribution in [3.8, 4) is 0 Å². The summed E-state index contributed by atoms with van der Waals surface area (Å²) in [5.41, 5.74) is -0.149. The first-order chi connectivity index (χ1) is 7.12. The van der Waals surface area contributed by atoms with Crippen molar-refractivity contribution < 1.29 is 5.11 Å². The zero-order valence-corrected chi connectivity index (χ0v) is 9.78. The Morgan fingerprint density at radius 2 is 2.13 bits per heavy atom. The molecule has 15 heavy (non-hydrogen) atoms. The minimum atomic E-state index is -0.875. The number of hydrogen-bond donors (Lipinski definition) is 2. The molecule has 0 saturated carbocycles. The molecule has 0 aromatic heterocycles. The molecule has 1 aliphatic rings. The molecule has 0 radical (unpaired) electrons. The van der Waals surface area contributed by atoms with E-state index in [0.717, 1.165) is 24.9 Å². The van der Waals surface area contributed by atoms with E-state index in [-0.39, 0.29) is 0 Å². The number of halogens is 2. The Morgan fingerprint density at radius 3 is 2.80 bits per heavy atom. The Morgan fingerprint density at radius 1 is 1.33 bits per heavy atom. The summed E-state index contributed by atoms with van der Waals surface area (Å²) in [5, 5.41) is 14.8. The van der Waals surface area contributed by atoms with Crippen LogP contribution in [0.15, 0.2) is 18.2 Å². The molecule has 0 aliphatic carbocycles. The van der Waals surface area contributed by atoms with Gasteiger partial charge in [-0.2, -0.15) is 0 Å². The number of benzene rings is 1. The highest BCUT2D eigenvalue weighted by atomic mass is 35.5. The molecular formula is C11H13Cl2NO. The second kappa shape index (κ2) is 4.30. The van der Waals surface area contributed by atoms with Gasteiger partial charge in [-0.15, -0.1) is 0 Å². The van der Waals surface area contributed by atoms with Gasteiger partial charge in [0.25, 0.3) is 0 Å². The molecule has 1 aliphatic heterocycles. The maximum Gasteiger partial charge on any atom is 0.104 e. The summed E-state index contributed by atoms with van der Waals surface area (Å²) in [5.74, 6) is 0. The molecule has 2 nitrogen and oxygen atoms in total. The first-order valence-corrected chi connectivity index (χ1v) is 5.76. The van der Waals surface area contributed by atoms with Crippen LogP contribution < -0.4 is 5.32 Å². The Bertz CT molecular complexity index is 362. The molecule has 1 fully saturated rings. The van der Waals surface area contributed by atoms with Crippen LogP contribution in [0.2, 0.25) is 10.0 Å². The van der Waals surface area contributed by atoms with Gasteiger partial charge in [0.1, 0.15) is 5.60 Å². The van der Waals surface area contributed by atoms with Gasteiger partial charge < -0.3 is 10.4 Å². The predicted molar refractivity (Wildman–Crippen MR) is 62.5 cm³/mol. The molecule has 0 bridgehead atoms. The Kier molecular flexibility index (Phi) is 3.21. The van der Waals surface area contributed by atoms with E-state index < -0.39 is 5.60 Å². The van der Waals surface area contributed by atoms with E-state index in [1.54, 1.807) is 18.2 Å². The van der Waals surface area contributed by atoms with Crippen molar-refractivity contribution in [3.63, 3.8) is 0 Å². The van der Waals surface area contributed by atoms with Gasteiger partial charge in [-0.3, -0.25) is 0 Å². The van der Waals surface area contributed by atoms with Gasteiger partial charge in [0.2, 0.25) is 0 Å². The lowest BCUT2D eigenvalue weighted by molar-refractivity contribution is 0.0124. The molecule has 1 unspecified atom stereocenters. The predicted octanol–water partition coefficient (Wildman–Crippen LogP) is 2.56. The van der Waals surface area contributed by atoms with Gasteiger partial charge in [0.05, 0.1) is 0 Å². The van der Waals surface area contributed by atoms with E-state index >= 15 is 0 Å². The fourth-order valence-corrected chi connectivity index (χ4v) is 2.44. The highest BCUT2D eigenvalue weighted by Gasteiger charge is 2.33. The van der Waals surface area contributed by atoms with Crippen molar-refractivity contribution in [1.29, 1.82) is 0 Å². The molecular weight excluding hydrogens is 233 g/mol. The summed E-state index contributed by atoms with van der Waals surface area (Å²) in [6.07, 6.45) is 1.67. The highest BCUT2D eigenvalue weighted by Crippen LogP contribution is 2.34. The lowest BCUT2D eigenvalue weighted by atomic mass is 9.87. The van der Waals surface area contributed by atoms with Crippen LogP contribution in [0.1, 0.15) is 18.4 Å². The van der Waals surface area contributed by atoms with Gasteiger partial charge >= 0.3 is 0 Å². The molecule has 82 valence electrons. The van der Waals surface area contributed by atoms with E-state index in [1.165, 1.54) is 0 Å². The molecule has 1 saturated heterocycles. The Hall–Kier alpha value is -0.280. The van der Waals surface area contributed by atoms with Gasteiger partial charge in [0.15, 0.2) is 0 Å². The van der Waals surface area contributed by atoms with Gasteiger partial charge in [-0.25, -0.2) is 0 Å². The SMILES string of the molecule is OC1(c2cc(Cl)ccc2Cl)CCCNC1. The number of β-amino-alcohol motifs (C(OH)–C–C–N with tert-alkyl or cyclic N) is 1. The summed E-state index contributed by atoms with van der Waals surface area (Å²) in [6.45, 7) is 1.48. The topological polar surface area (TPSA) is 32.3 Å². The minimum absolute atomic E-state index is 0.535. The fourth-order valence-electron chi connectivity index (χ4n) is 1.97. The third-order valence-corrected chi connectivity index (χ3v) is 3.36. The maximum atomic E-state index is 10.4. The zero-order valence-electron chi connectivity index (χ0n) is 8.26. The molecule has 1 atom stereocenters. The molecule has 2 N–H and O–H groups in total. The Labute approximate surface area is 99.2 Å². The smallest absolute Gasteiger partial charge is 0.104 e. The lowest BCUT2D eigenvalue weighted by Gasteiger charge is -2.33. The number of nitrogens with one attached hydrogen (secondary N) is 1. The monoisotopic (exact) mass is 245 g/mol. The van der Waals surface area contributed by atoms with Crippen LogP contribution in [0.25, 0.3) is 0 Å². The standard InChI is InChI=1S/C11H13Cl2NO/c12-8-2-3-10(13)9(6-8)11(15)4-1-5-14-7-11/h2-3,6,14-15H,1,4-5,7H2. The van der Waals surface area contributed by atoms with Crippen molar-refractivity contribution >= 4 is 23.2 Å². The fraction of sp³-hybridized carbons (Fsp3) is 0.455. The maximum absolute atomic E-state index is 10.4. The molecule has 4 heteroatoms. The minimum Gasteiger partial charge on any atom is -0.384 e. The van der Waals surface area contributed by atoms with Crippen LogP contribution in [0, 0.1) is 0 Å². The second-order valence-electron chi connectivity index (χ2n) is 3.94. The van der Waals surface area contributed by atoms with Crippen molar-refractivity contribution in [2.24, 2.45) is 0 Å². The summed E-state index contributed by atoms with van der Waals surface area (Å²) in [7, 11) is 0. The number of piperidine rings is 1. The summed E-state index contributed by atoms with van der Waals surface area (Å²) >= 11 is 12.0. The van der Waals surface area contributed by atoms with Crippen molar-refractivity contribution in [1.82, 2.24) is 5.32 Å². The molecule has 1 heterocycles. The number of aliphatic hydroxyl groups is 1. The summed E-state index contributed by atoms with van der Waals surface area (Å²) in [6, 6.07) is 5.20. The van der Waals surface area contributed by atoms with Crippen LogP contribution >= 0.6 is 23.2 Å². The third kappa shape index (κ3) is 2.28. The normalized spacial score (nSPS) is 26.6. The second-order valence-corrected chi connectivity index (χ2v) is 4.78. The van der Waals surface area contributed by atoms with E-state index in [9.17, 15) is 5.11 Å². The zero-order chi connectivity index (χ0) is 10.9. The molecule has 0 amide bonds. The van der Waals surface area contributed by atoms with E-state index in [0.29, 0.717) is 16.6 Å². The van der Waals surface area contributed by atoms with Crippen LogP contribution in [-0.4, -0.2) is 18.2 Å². The van der Waals surface area contributed by atoms with E-state index in [4.69, 9.17) is 23.2 Å². The Balaban J connectivity index is 2.38. The first kappa shape index (κ1) is 11.2. The average molecular weight is 246 g/mol. The van der Waals surface area contributed by atoms with Crippen LogP contribution in [-0.2, 0) is 5.60 Å². The van der Waals surface area contributed by atoms with Crippen molar-refractivity contribution in [2.75, 3.05) is 13.1 Å². The average Bonchev–Trinajstić information content (AvgIpc) is 2.23. The van der Waals surface area contributed by atoms with Crippen LogP contribution in [0.5, 0.6) is 0 Å². The lowest BCUT2D eigenvalue weighted by Crippen LogP contribution is -2.43. The van der Waals surface area contributed by atoms with Gasteiger partial charge in [-0.05, 0) is 37.6 Å². The first-order valence-electron chi connectivity index (χ1n) is 5.00. The summed E-state index contributed by atoms with van der Waals surface area (Å²) < 4.78 is 0. The van der Waals surface area contributed by atoms with E-state index in [2.05, 4.69) is 5.32 Å². The molecule has 0 spiro atoms. The highest BCUT2D eigenvalue weighted by molar-refractivity contribution is 6.33. The molecule has 1 aromatic carbocycles. The van der Waals surface area contributed by atoms with Gasteiger partial charge in [0, 0.05) is 22.2 Å². The molecule has 2 rings (SSSR count). The van der Waals surface area contributed by atoms with Gasteiger partial charge in [-0.1, -0.05) is 23.2 Å². The largest absolute Gasteiger partial charge is 0.384 e. The number of rotatable bonds is 1. The third-order valence-electron chi connectivity index (χ3n) is 2.79. The van der Waals surface area contributed by atoms with Crippen LogP contribution in [0.4, 0.5) is 0 Å². The number of hydrogen-bond acceptors (Lipinski definition) is 2. The molecule has 1 aromatic rings.